The maximum Gasteiger partial charge on any atom is 0.234 e. The van der Waals surface area contributed by atoms with E-state index in [0.717, 1.165) is 24.3 Å². The zero-order chi connectivity index (χ0) is 16.5. The summed E-state index contributed by atoms with van der Waals surface area (Å²) in [6.45, 7) is 4.55. The van der Waals surface area contributed by atoms with Crippen LogP contribution in [0.2, 0.25) is 0 Å². The summed E-state index contributed by atoms with van der Waals surface area (Å²) in [5.41, 5.74) is 1.80. The molecule has 5 heteroatoms. The van der Waals surface area contributed by atoms with Crippen LogP contribution in [0.15, 0.2) is 24.3 Å². The molecule has 0 atom stereocenters. The lowest BCUT2D eigenvalue weighted by Crippen LogP contribution is -2.38. The lowest BCUT2D eigenvalue weighted by molar-refractivity contribution is -0.122. The molecule has 1 aromatic rings. The second-order valence-corrected chi connectivity index (χ2v) is 6.20. The molecule has 2 N–H and O–H groups in total. The van der Waals surface area contributed by atoms with Gasteiger partial charge in [0.05, 0.1) is 6.54 Å². The van der Waals surface area contributed by atoms with E-state index >= 15 is 0 Å². The third-order valence-electron chi connectivity index (χ3n) is 4.08. The van der Waals surface area contributed by atoms with Gasteiger partial charge in [0, 0.05) is 19.2 Å². The Morgan fingerprint density at radius 2 is 1.61 bits per heavy atom. The molecule has 2 amide bonds. The van der Waals surface area contributed by atoms with Crippen molar-refractivity contribution in [2.75, 3.05) is 25.0 Å². The molecular weight excluding hydrogens is 290 g/mol. The molecule has 0 unspecified atom stereocenters. The zero-order valence-corrected chi connectivity index (χ0v) is 13.9. The average Bonchev–Trinajstić information content (AvgIpc) is 2.48. The first-order valence-corrected chi connectivity index (χ1v) is 8.49. The summed E-state index contributed by atoms with van der Waals surface area (Å²) in [6.07, 6.45) is 6.27. The number of nitrogens with one attached hydrogen (secondary N) is 2. The van der Waals surface area contributed by atoms with Crippen LogP contribution in [0.5, 0.6) is 0 Å². The molecule has 1 heterocycles. The van der Waals surface area contributed by atoms with Gasteiger partial charge >= 0.3 is 0 Å². The maximum absolute atomic E-state index is 12.1. The highest BCUT2D eigenvalue weighted by Gasteiger charge is 2.12. The predicted molar refractivity (Wildman–Crippen MR) is 92.1 cm³/mol. The van der Waals surface area contributed by atoms with E-state index in [1.807, 2.05) is 24.3 Å². The molecule has 0 aliphatic carbocycles. The Morgan fingerprint density at radius 3 is 2.22 bits per heavy atom. The Bertz CT molecular complexity index is 506. The normalized spacial score (nSPS) is 16.2. The Balaban J connectivity index is 1.73. The van der Waals surface area contributed by atoms with Gasteiger partial charge in [0.25, 0.3) is 0 Å². The average molecular weight is 317 g/mol. The van der Waals surface area contributed by atoms with Gasteiger partial charge in [0.1, 0.15) is 0 Å². The van der Waals surface area contributed by atoms with Crippen molar-refractivity contribution >= 4 is 17.5 Å². The molecule has 5 nitrogen and oxygen atoms in total. The number of hydrogen-bond donors (Lipinski definition) is 2. The number of benzene rings is 1. The molecule has 0 spiro atoms. The van der Waals surface area contributed by atoms with E-state index in [9.17, 15) is 9.59 Å². The van der Waals surface area contributed by atoms with Crippen LogP contribution in [0.25, 0.3) is 0 Å². The number of hydrogen-bond acceptors (Lipinski definition) is 3. The number of nitrogens with zero attached hydrogens (tertiary/aromatic N) is 1. The number of amides is 2. The first-order valence-electron chi connectivity index (χ1n) is 8.49. The largest absolute Gasteiger partial charge is 0.351 e. The Hall–Kier alpha value is -1.88. The van der Waals surface area contributed by atoms with E-state index in [2.05, 4.69) is 15.5 Å². The Kier molecular flexibility index (Phi) is 7.07. The highest BCUT2D eigenvalue weighted by molar-refractivity contribution is 5.88. The van der Waals surface area contributed by atoms with Gasteiger partial charge in [-0.1, -0.05) is 31.4 Å². The molecular formula is C18H27N3O2. The quantitative estimate of drug-likeness (QED) is 0.877. The van der Waals surface area contributed by atoms with Crippen LogP contribution in [0.4, 0.5) is 5.69 Å². The van der Waals surface area contributed by atoms with Crippen LogP contribution >= 0.6 is 0 Å². The first kappa shape index (κ1) is 17.5. The van der Waals surface area contributed by atoms with Crippen molar-refractivity contribution in [3.63, 3.8) is 0 Å². The SMILES string of the molecule is CC(=O)Nc1ccc(CNC(=O)CN2CCCCCCC2)cc1. The number of carbonyl (C=O) groups is 2. The topological polar surface area (TPSA) is 61.4 Å². The summed E-state index contributed by atoms with van der Waals surface area (Å²) in [7, 11) is 0. The minimum absolute atomic E-state index is 0.0801. The van der Waals surface area contributed by atoms with Gasteiger partial charge in [-0.3, -0.25) is 14.5 Å². The van der Waals surface area contributed by atoms with Crippen molar-refractivity contribution in [2.24, 2.45) is 0 Å². The van der Waals surface area contributed by atoms with Crippen molar-refractivity contribution in [1.29, 1.82) is 0 Å². The van der Waals surface area contributed by atoms with E-state index < -0.39 is 0 Å². The molecule has 126 valence electrons. The van der Waals surface area contributed by atoms with Crippen LogP contribution in [-0.4, -0.2) is 36.3 Å². The van der Waals surface area contributed by atoms with Crippen LogP contribution in [0.3, 0.4) is 0 Å². The summed E-state index contributed by atoms with van der Waals surface area (Å²) in [6, 6.07) is 7.53. The van der Waals surface area contributed by atoms with Gasteiger partial charge in [-0.2, -0.15) is 0 Å². The van der Waals surface area contributed by atoms with E-state index in [-0.39, 0.29) is 11.8 Å². The zero-order valence-electron chi connectivity index (χ0n) is 13.9. The van der Waals surface area contributed by atoms with Crippen LogP contribution in [0, 0.1) is 0 Å². The third-order valence-corrected chi connectivity index (χ3v) is 4.08. The fourth-order valence-corrected chi connectivity index (χ4v) is 2.84. The molecule has 1 aromatic carbocycles. The first-order chi connectivity index (χ1) is 11.1. The molecule has 1 fully saturated rings. The fourth-order valence-electron chi connectivity index (χ4n) is 2.84. The lowest BCUT2D eigenvalue weighted by Gasteiger charge is -2.23. The van der Waals surface area contributed by atoms with Crippen LogP contribution in [0.1, 0.15) is 44.6 Å². The van der Waals surface area contributed by atoms with Gasteiger partial charge in [-0.05, 0) is 43.6 Å². The summed E-state index contributed by atoms with van der Waals surface area (Å²) >= 11 is 0. The van der Waals surface area contributed by atoms with Gasteiger partial charge in [0.15, 0.2) is 0 Å². The second kappa shape index (κ2) is 9.30. The predicted octanol–water partition coefficient (Wildman–Crippen LogP) is 2.53. The number of rotatable bonds is 5. The third kappa shape index (κ3) is 6.82. The summed E-state index contributed by atoms with van der Waals surface area (Å²) in [5, 5.41) is 5.70. The minimum Gasteiger partial charge on any atom is -0.351 e. The molecule has 0 aromatic heterocycles. The van der Waals surface area contributed by atoms with Crippen molar-refractivity contribution in [3.8, 4) is 0 Å². The molecule has 23 heavy (non-hydrogen) atoms. The number of likely N-dealkylation sites (tertiary alicyclic amines) is 1. The highest BCUT2D eigenvalue weighted by atomic mass is 16.2. The molecule has 0 bridgehead atoms. The van der Waals surface area contributed by atoms with Gasteiger partial charge in [-0.25, -0.2) is 0 Å². The highest BCUT2D eigenvalue weighted by Crippen LogP contribution is 2.11. The number of anilines is 1. The monoisotopic (exact) mass is 317 g/mol. The minimum atomic E-state index is -0.0840. The fraction of sp³-hybridized carbons (Fsp3) is 0.556. The summed E-state index contributed by atoms with van der Waals surface area (Å²) in [5.74, 6) is -0.00388. The molecule has 1 aliphatic rings. The summed E-state index contributed by atoms with van der Waals surface area (Å²) in [4.78, 5) is 25.3. The van der Waals surface area contributed by atoms with Crippen molar-refractivity contribution in [3.05, 3.63) is 29.8 Å². The Labute approximate surface area is 138 Å². The van der Waals surface area contributed by atoms with E-state index in [0.29, 0.717) is 13.1 Å². The maximum atomic E-state index is 12.1. The molecule has 1 aliphatic heterocycles. The molecule has 1 saturated heterocycles. The Morgan fingerprint density at radius 1 is 1.00 bits per heavy atom. The molecule has 0 radical (unpaired) electrons. The second-order valence-electron chi connectivity index (χ2n) is 6.20. The van der Waals surface area contributed by atoms with Crippen LogP contribution in [-0.2, 0) is 16.1 Å². The lowest BCUT2D eigenvalue weighted by atomic mass is 10.1. The number of carbonyl (C=O) groups excluding carboxylic acids is 2. The standard InChI is InChI=1S/C18H27N3O2/c1-15(22)20-17-9-7-16(8-10-17)13-19-18(23)14-21-11-5-3-2-4-6-12-21/h7-10H,2-6,11-14H2,1H3,(H,19,23)(H,20,22). The van der Waals surface area contributed by atoms with E-state index in [1.54, 1.807) is 0 Å². The van der Waals surface area contributed by atoms with Crippen LogP contribution < -0.4 is 10.6 Å². The summed E-state index contributed by atoms with van der Waals surface area (Å²) < 4.78 is 0. The smallest absolute Gasteiger partial charge is 0.234 e. The molecule has 2 rings (SSSR count). The van der Waals surface area contributed by atoms with Crippen molar-refractivity contribution in [2.45, 2.75) is 45.6 Å². The molecule has 0 saturated carbocycles. The van der Waals surface area contributed by atoms with E-state index in [4.69, 9.17) is 0 Å². The van der Waals surface area contributed by atoms with Gasteiger partial charge in [-0.15, -0.1) is 0 Å². The van der Waals surface area contributed by atoms with E-state index in [1.165, 1.54) is 39.0 Å². The van der Waals surface area contributed by atoms with Gasteiger partial charge in [0.2, 0.25) is 11.8 Å². The van der Waals surface area contributed by atoms with Crippen molar-refractivity contribution < 1.29 is 9.59 Å². The van der Waals surface area contributed by atoms with Crippen molar-refractivity contribution in [1.82, 2.24) is 10.2 Å². The van der Waals surface area contributed by atoms with Gasteiger partial charge < -0.3 is 10.6 Å².